The van der Waals surface area contributed by atoms with E-state index in [1.807, 2.05) is 0 Å². The van der Waals surface area contributed by atoms with Crippen LogP contribution in [-0.4, -0.2) is 29.8 Å². The van der Waals surface area contributed by atoms with E-state index in [0.717, 1.165) is 25.7 Å². The average molecular weight is 256 g/mol. The molecule has 1 fully saturated rings. The lowest BCUT2D eigenvalue weighted by Gasteiger charge is -2.45. The summed E-state index contributed by atoms with van der Waals surface area (Å²) >= 11 is 0. The highest BCUT2D eigenvalue weighted by Gasteiger charge is 2.39. The second-order valence-corrected chi connectivity index (χ2v) is 6.61. The van der Waals surface area contributed by atoms with Crippen LogP contribution in [0.3, 0.4) is 0 Å². The molecule has 0 unspecified atom stereocenters. The van der Waals surface area contributed by atoms with Crippen molar-refractivity contribution in [2.24, 2.45) is 0 Å². The van der Waals surface area contributed by atoms with Crippen LogP contribution in [0.5, 0.6) is 0 Å². The predicted molar refractivity (Wildman–Crippen MR) is 73.7 cm³/mol. The lowest BCUT2D eigenvalue weighted by Crippen LogP contribution is -2.60. The smallest absolute Gasteiger partial charge is 0.407 e. The van der Waals surface area contributed by atoms with Crippen LogP contribution in [0, 0.1) is 0 Å². The number of ether oxygens (including phenoxy) is 1. The molecule has 0 spiro atoms. The minimum Gasteiger partial charge on any atom is -0.446 e. The fourth-order valence-electron chi connectivity index (χ4n) is 2.87. The second-order valence-electron chi connectivity index (χ2n) is 6.61. The summed E-state index contributed by atoms with van der Waals surface area (Å²) in [7, 11) is 0. The fourth-order valence-corrected chi connectivity index (χ4v) is 2.87. The number of alkyl carbamates (subject to hydrolysis) is 1. The van der Waals surface area contributed by atoms with Gasteiger partial charge in [-0.1, -0.05) is 13.3 Å². The Morgan fingerprint density at radius 3 is 2.33 bits per heavy atom. The van der Waals surface area contributed by atoms with Crippen LogP contribution in [0.2, 0.25) is 0 Å². The van der Waals surface area contributed by atoms with Gasteiger partial charge in [0, 0.05) is 30.5 Å². The van der Waals surface area contributed by atoms with Gasteiger partial charge in [0.2, 0.25) is 0 Å². The number of hydrogen-bond donors (Lipinski definition) is 2. The number of rotatable bonds is 4. The van der Waals surface area contributed by atoms with Crippen LogP contribution < -0.4 is 10.6 Å². The van der Waals surface area contributed by atoms with Gasteiger partial charge < -0.3 is 15.4 Å². The highest BCUT2D eigenvalue weighted by molar-refractivity contribution is 5.67. The number of hydrogen-bond acceptors (Lipinski definition) is 3. The minimum atomic E-state index is -0.276. The van der Waals surface area contributed by atoms with Crippen molar-refractivity contribution in [2.75, 3.05) is 6.54 Å². The molecule has 106 valence electrons. The summed E-state index contributed by atoms with van der Waals surface area (Å²) in [5, 5.41) is 6.38. The molecular formula is C14H28N2O2. The van der Waals surface area contributed by atoms with Crippen LogP contribution in [0.4, 0.5) is 4.79 Å². The Morgan fingerprint density at radius 1 is 1.28 bits per heavy atom. The lowest BCUT2D eigenvalue weighted by atomic mass is 9.81. The summed E-state index contributed by atoms with van der Waals surface area (Å²) in [6, 6.07) is 0. The second kappa shape index (κ2) is 5.91. The van der Waals surface area contributed by atoms with Crippen molar-refractivity contribution in [3.63, 3.8) is 0 Å². The van der Waals surface area contributed by atoms with Gasteiger partial charge in [-0.2, -0.15) is 0 Å². The van der Waals surface area contributed by atoms with Gasteiger partial charge in [-0.3, -0.25) is 0 Å². The van der Waals surface area contributed by atoms with Gasteiger partial charge in [-0.05, 0) is 34.1 Å². The van der Waals surface area contributed by atoms with Gasteiger partial charge >= 0.3 is 6.09 Å². The maximum atomic E-state index is 11.7. The Bertz CT molecular complexity index is 272. The van der Waals surface area contributed by atoms with E-state index in [2.05, 4.69) is 45.3 Å². The molecule has 18 heavy (non-hydrogen) atoms. The molecule has 0 bridgehead atoms. The molecule has 1 heterocycles. The molecule has 4 nitrogen and oxygen atoms in total. The molecule has 1 aliphatic heterocycles. The molecule has 1 rings (SSSR count). The molecule has 0 aromatic rings. The van der Waals surface area contributed by atoms with Crippen LogP contribution in [-0.2, 0) is 4.74 Å². The van der Waals surface area contributed by atoms with E-state index in [4.69, 9.17) is 4.74 Å². The first-order chi connectivity index (χ1) is 8.24. The maximum absolute atomic E-state index is 11.7. The van der Waals surface area contributed by atoms with Gasteiger partial charge in [-0.15, -0.1) is 0 Å². The predicted octanol–water partition coefficient (Wildman–Crippen LogP) is 2.82. The average Bonchev–Trinajstić information content (AvgIpc) is 2.12. The van der Waals surface area contributed by atoms with Crippen LogP contribution in [0.1, 0.15) is 60.3 Å². The summed E-state index contributed by atoms with van der Waals surface area (Å²) in [6.07, 6.45) is 3.51. The number of nitrogens with one attached hydrogen (secondary N) is 2. The summed E-state index contributed by atoms with van der Waals surface area (Å²) in [5.74, 6) is 0. The van der Waals surface area contributed by atoms with Gasteiger partial charge in [0.1, 0.15) is 6.10 Å². The first-order valence-corrected chi connectivity index (χ1v) is 6.98. The highest BCUT2D eigenvalue weighted by Crippen LogP contribution is 2.30. The highest BCUT2D eigenvalue weighted by atomic mass is 16.6. The number of amides is 1. The van der Waals surface area contributed by atoms with Gasteiger partial charge in [-0.25, -0.2) is 4.79 Å². The minimum absolute atomic E-state index is 0.00197. The number of carbonyl (C=O) groups is 1. The first-order valence-electron chi connectivity index (χ1n) is 6.98. The van der Waals surface area contributed by atoms with Gasteiger partial charge in [0.25, 0.3) is 0 Å². The van der Waals surface area contributed by atoms with E-state index in [1.165, 1.54) is 0 Å². The Balaban J connectivity index is 2.44. The lowest BCUT2D eigenvalue weighted by molar-refractivity contribution is 0.0194. The molecule has 2 N–H and O–H groups in total. The third-order valence-electron chi connectivity index (χ3n) is 3.23. The van der Waals surface area contributed by atoms with Crippen molar-refractivity contribution in [1.29, 1.82) is 0 Å². The van der Waals surface area contributed by atoms with Crippen molar-refractivity contribution in [1.82, 2.24) is 10.6 Å². The van der Waals surface area contributed by atoms with Crippen LogP contribution in [0.15, 0.2) is 0 Å². The molecule has 4 heteroatoms. The topological polar surface area (TPSA) is 50.4 Å². The van der Waals surface area contributed by atoms with Crippen LogP contribution >= 0.6 is 0 Å². The van der Waals surface area contributed by atoms with Gasteiger partial charge in [0.15, 0.2) is 0 Å². The van der Waals surface area contributed by atoms with Gasteiger partial charge in [0.05, 0.1) is 0 Å². The van der Waals surface area contributed by atoms with E-state index in [1.54, 1.807) is 0 Å². The molecular weight excluding hydrogens is 228 g/mol. The SMILES string of the molecule is CCCCNC(=O)OC1CC(C)(C)NC(C)(C)C1. The molecule has 0 aromatic carbocycles. The third-order valence-corrected chi connectivity index (χ3v) is 3.23. The van der Waals surface area contributed by atoms with Crippen molar-refractivity contribution in [2.45, 2.75) is 77.5 Å². The Hall–Kier alpha value is -0.770. The molecule has 1 saturated heterocycles. The third kappa shape index (κ3) is 5.25. The largest absolute Gasteiger partial charge is 0.446 e. The van der Waals surface area contributed by atoms with E-state index in [-0.39, 0.29) is 23.3 Å². The Kier molecular flexibility index (Phi) is 5.02. The number of piperidine rings is 1. The normalized spacial score (nSPS) is 22.5. The van der Waals surface area contributed by atoms with E-state index in [0.29, 0.717) is 6.54 Å². The zero-order valence-electron chi connectivity index (χ0n) is 12.4. The Morgan fingerprint density at radius 2 is 1.83 bits per heavy atom. The van der Waals surface area contributed by atoms with E-state index in [9.17, 15) is 4.79 Å². The summed E-state index contributed by atoms with van der Waals surface area (Å²) in [4.78, 5) is 11.7. The van der Waals surface area contributed by atoms with Crippen molar-refractivity contribution in [3.05, 3.63) is 0 Å². The molecule has 0 radical (unpaired) electrons. The van der Waals surface area contributed by atoms with Crippen molar-refractivity contribution >= 4 is 6.09 Å². The maximum Gasteiger partial charge on any atom is 0.407 e. The first kappa shape index (κ1) is 15.3. The molecule has 0 aliphatic carbocycles. The zero-order chi connectivity index (χ0) is 13.8. The number of unbranched alkanes of at least 4 members (excludes halogenated alkanes) is 1. The number of carbonyl (C=O) groups excluding carboxylic acids is 1. The molecule has 0 saturated carbocycles. The van der Waals surface area contributed by atoms with E-state index < -0.39 is 0 Å². The Labute approximate surface area is 111 Å². The van der Waals surface area contributed by atoms with Crippen LogP contribution in [0.25, 0.3) is 0 Å². The molecule has 0 aromatic heterocycles. The summed E-state index contributed by atoms with van der Waals surface area (Å²) in [5.41, 5.74) is 0.0201. The monoisotopic (exact) mass is 256 g/mol. The van der Waals surface area contributed by atoms with E-state index >= 15 is 0 Å². The van der Waals surface area contributed by atoms with Crippen molar-refractivity contribution < 1.29 is 9.53 Å². The zero-order valence-corrected chi connectivity index (χ0v) is 12.4. The molecule has 0 atom stereocenters. The summed E-state index contributed by atoms with van der Waals surface area (Å²) in [6.45, 7) is 11.4. The summed E-state index contributed by atoms with van der Waals surface area (Å²) < 4.78 is 5.52. The quantitative estimate of drug-likeness (QED) is 0.760. The fraction of sp³-hybridized carbons (Fsp3) is 0.929. The standard InChI is InChI=1S/C14H28N2O2/c1-6-7-8-15-12(17)18-11-9-13(2,3)16-14(4,5)10-11/h11,16H,6-10H2,1-5H3,(H,15,17). The van der Waals surface area contributed by atoms with Crippen molar-refractivity contribution in [3.8, 4) is 0 Å². The molecule has 1 amide bonds. The molecule has 1 aliphatic rings.